The van der Waals surface area contributed by atoms with Crippen LogP contribution in [0.1, 0.15) is 46.5 Å². The number of rotatable bonds is 4. The van der Waals surface area contributed by atoms with Crippen molar-refractivity contribution in [2.45, 2.75) is 58.1 Å². The van der Waals surface area contributed by atoms with Crippen molar-refractivity contribution in [1.29, 1.82) is 0 Å². The number of nitrogens with zero attached hydrogens (tertiary/aromatic N) is 1. The van der Waals surface area contributed by atoms with Gasteiger partial charge in [0.15, 0.2) is 0 Å². The Balaban J connectivity index is 1.57. The second-order valence-corrected chi connectivity index (χ2v) is 9.36. The van der Waals surface area contributed by atoms with Crippen molar-refractivity contribution >= 4 is 0 Å². The van der Waals surface area contributed by atoms with Gasteiger partial charge in [-0.3, -0.25) is 4.90 Å². The molecule has 4 nitrogen and oxygen atoms in total. The molecule has 0 radical (unpaired) electrons. The Morgan fingerprint density at radius 1 is 1.19 bits per heavy atom. The van der Waals surface area contributed by atoms with Crippen LogP contribution in [0.15, 0.2) is 24.3 Å². The van der Waals surface area contributed by atoms with Crippen molar-refractivity contribution in [3.8, 4) is 5.75 Å². The third-order valence-electron chi connectivity index (χ3n) is 6.15. The van der Waals surface area contributed by atoms with E-state index in [0.717, 1.165) is 12.5 Å². The fourth-order valence-corrected chi connectivity index (χ4v) is 4.40. The van der Waals surface area contributed by atoms with E-state index < -0.39 is 5.60 Å². The van der Waals surface area contributed by atoms with Gasteiger partial charge in [0, 0.05) is 19.1 Å². The lowest BCUT2D eigenvalue weighted by Crippen LogP contribution is -2.52. The largest absolute Gasteiger partial charge is 0.490 e. The van der Waals surface area contributed by atoms with Crippen LogP contribution in [0.5, 0.6) is 5.75 Å². The molecule has 0 bridgehead atoms. The highest BCUT2D eigenvalue weighted by molar-refractivity contribution is 5.22. The quantitative estimate of drug-likeness (QED) is 0.862. The van der Waals surface area contributed by atoms with Gasteiger partial charge in [0.25, 0.3) is 0 Å². The van der Waals surface area contributed by atoms with E-state index in [9.17, 15) is 9.50 Å². The number of halogens is 1. The Morgan fingerprint density at radius 2 is 1.85 bits per heavy atom. The van der Waals surface area contributed by atoms with Gasteiger partial charge in [-0.05, 0) is 61.3 Å². The van der Waals surface area contributed by atoms with Crippen LogP contribution in [0.4, 0.5) is 4.39 Å². The molecule has 152 valence electrons. The summed E-state index contributed by atoms with van der Waals surface area (Å²) >= 11 is 0. The first-order chi connectivity index (χ1) is 12.8. The van der Waals surface area contributed by atoms with Gasteiger partial charge >= 0.3 is 0 Å². The normalized spacial score (nSPS) is 30.7. The molecule has 0 unspecified atom stereocenters. The summed E-state index contributed by atoms with van der Waals surface area (Å²) in [5.74, 6) is 1.04. The number of hydrogen-bond donors (Lipinski definition) is 1. The summed E-state index contributed by atoms with van der Waals surface area (Å²) in [6.07, 6.45) is 4.85. The van der Waals surface area contributed by atoms with E-state index in [2.05, 4.69) is 25.7 Å². The topological polar surface area (TPSA) is 41.9 Å². The van der Waals surface area contributed by atoms with Gasteiger partial charge < -0.3 is 14.6 Å². The highest BCUT2D eigenvalue weighted by Gasteiger charge is 2.38. The zero-order valence-electron chi connectivity index (χ0n) is 16.9. The van der Waals surface area contributed by atoms with E-state index in [1.165, 1.54) is 37.8 Å². The molecule has 1 aliphatic carbocycles. The Morgan fingerprint density at radius 3 is 2.48 bits per heavy atom. The van der Waals surface area contributed by atoms with Crippen LogP contribution in [0.3, 0.4) is 0 Å². The maximum atomic E-state index is 13.0. The first kappa shape index (κ1) is 20.6. The van der Waals surface area contributed by atoms with Gasteiger partial charge in [-0.1, -0.05) is 20.8 Å². The molecule has 1 atom stereocenters. The third-order valence-corrected chi connectivity index (χ3v) is 6.15. The van der Waals surface area contributed by atoms with E-state index in [0.29, 0.717) is 30.4 Å². The maximum Gasteiger partial charge on any atom is 0.134 e. The van der Waals surface area contributed by atoms with E-state index in [-0.39, 0.29) is 19.0 Å². The fourth-order valence-electron chi connectivity index (χ4n) is 4.40. The Hall–Kier alpha value is -1.17. The minimum absolute atomic E-state index is 0.145. The zero-order chi connectivity index (χ0) is 19.5. The second kappa shape index (κ2) is 8.46. The van der Waals surface area contributed by atoms with Crippen molar-refractivity contribution in [3.63, 3.8) is 0 Å². The number of hydrogen-bond acceptors (Lipinski definition) is 4. The lowest BCUT2D eigenvalue weighted by atomic mass is 9.71. The number of ether oxygens (including phenoxy) is 2. The van der Waals surface area contributed by atoms with Crippen LogP contribution >= 0.6 is 0 Å². The minimum atomic E-state index is -1.05. The molecule has 5 heteroatoms. The van der Waals surface area contributed by atoms with E-state index in [1.54, 1.807) is 12.1 Å². The molecule has 2 aliphatic rings. The second-order valence-electron chi connectivity index (χ2n) is 9.36. The molecular weight excluding hydrogens is 345 g/mol. The first-order valence-electron chi connectivity index (χ1n) is 10.2. The molecule has 1 aromatic carbocycles. The van der Waals surface area contributed by atoms with Crippen molar-refractivity contribution < 1.29 is 19.0 Å². The number of aliphatic hydroxyl groups is 1. The van der Waals surface area contributed by atoms with Crippen molar-refractivity contribution in [3.05, 3.63) is 30.1 Å². The van der Waals surface area contributed by atoms with Gasteiger partial charge in [-0.2, -0.15) is 0 Å². The van der Waals surface area contributed by atoms with Crippen LogP contribution in [0.25, 0.3) is 0 Å². The van der Waals surface area contributed by atoms with E-state index >= 15 is 0 Å². The van der Waals surface area contributed by atoms with Gasteiger partial charge in [0.2, 0.25) is 0 Å². The molecule has 1 N–H and O–H groups in total. The summed E-state index contributed by atoms with van der Waals surface area (Å²) in [5, 5.41) is 11.1. The third kappa shape index (κ3) is 5.66. The summed E-state index contributed by atoms with van der Waals surface area (Å²) in [6.45, 7) is 9.46. The molecule has 3 rings (SSSR count). The standard InChI is InChI=1S/C22H34FNO3/c1-21(2,3)17-4-8-19(9-5-17)24-12-13-26-15-22(25,14-24)16-27-20-10-6-18(23)7-11-20/h6-7,10-11,17,19,25H,4-5,8-9,12-16H2,1-3H3/t17?,19?,22-/m0/s1. The summed E-state index contributed by atoms with van der Waals surface area (Å²) in [4.78, 5) is 2.39. The van der Waals surface area contributed by atoms with Crippen molar-refractivity contribution in [2.24, 2.45) is 11.3 Å². The molecule has 1 heterocycles. The van der Waals surface area contributed by atoms with Crippen LogP contribution < -0.4 is 4.74 Å². The molecule has 2 fully saturated rings. The van der Waals surface area contributed by atoms with Crippen molar-refractivity contribution in [2.75, 3.05) is 32.9 Å². The average Bonchev–Trinajstić information content (AvgIpc) is 2.83. The molecule has 0 aromatic heterocycles. The number of β-amino-alcohol motifs (C(OH)–C–C–N with tert-alkyl or cyclic N) is 1. The van der Waals surface area contributed by atoms with Gasteiger partial charge in [-0.15, -0.1) is 0 Å². The molecular formula is C22H34FNO3. The molecule has 1 saturated heterocycles. The predicted octanol–water partition coefficient (Wildman–Crippen LogP) is 3.87. The Kier molecular flexibility index (Phi) is 6.44. The molecule has 0 spiro atoms. The lowest BCUT2D eigenvalue weighted by Gasteiger charge is -2.42. The summed E-state index contributed by atoms with van der Waals surface area (Å²) in [5.41, 5.74) is -0.678. The van der Waals surface area contributed by atoms with E-state index in [4.69, 9.17) is 9.47 Å². The highest BCUT2D eigenvalue weighted by atomic mass is 19.1. The summed E-state index contributed by atoms with van der Waals surface area (Å²) in [6, 6.07) is 6.40. The number of benzene rings is 1. The summed E-state index contributed by atoms with van der Waals surface area (Å²) in [7, 11) is 0. The highest BCUT2D eigenvalue weighted by Crippen LogP contribution is 2.39. The molecule has 1 saturated carbocycles. The smallest absolute Gasteiger partial charge is 0.134 e. The van der Waals surface area contributed by atoms with Gasteiger partial charge in [-0.25, -0.2) is 4.39 Å². The van der Waals surface area contributed by atoms with E-state index in [1.807, 2.05) is 0 Å². The zero-order valence-corrected chi connectivity index (χ0v) is 16.9. The molecule has 1 aromatic rings. The van der Waals surface area contributed by atoms with Crippen LogP contribution in [-0.4, -0.2) is 54.6 Å². The maximum absolute atomic E-state index is 13.0. The van der Waals surface area contributed by atoms with Gasteiger partial charge in [0.1, 0.15) is 23.8 Å². The molecule has 1 aliphatic heterocycles. The summed E-state index contributed by atoms with van der Waals surface area (Å²) < 4.78 is 24.5. The van der Waals surface area contributed by atoms with Crippen LogP contribution in [0, 0.1) is 17.2 Å². The first-order valence-corrected chi connectivity index (χ1v) is 10.2. The monoisotopic (exact) mass is 379 g/mol. The van der Waals surface area contributed by atoms with Crippen LogP contribution in [-0.2, 0) is 4.74 Å². The van der Waals surface area contributed by atoms with Gasteiger partial charge in [0.05, 0.1) is 13.2 Å². The molecule has 27 heavy (non-hydrogen) atoms. The lowest BCUT2D eigenvalue weighted by molar-refractivity contribution is -0.0691. The average molecular weight is 380 g/mol. The van der Waals surface area contributed by atoms with Crippen LogP contribution in [0.2, 0.25) is 0 Å². The van der Waals surface area contributed by atoms with Crippen molar-refractivity contribution in [1.82, 2.24) is 4.90 Å². The minimum Gasteiger partial charge on any atom is -0.490 e. The Labute approximate surface area is 162 Å². The predicted molar refractivity (Wildman–Crippen MR) is 104 cm³/mol. The SMILES string of the molecule is CC(C)(C)C1CCC(N2CCOC[C@](O)(COc3ccc(F)cc3)C2)CC1. The fraction of sp³-hybridized carbons (Fsp3) is 0.727. The Bertz CT molecular complexity index is 593. The molecule has 0 amide bonds.